The third-order valence-electron chi connectivity index (χ3n) is 3.15. The van der Waals surface area contributed by atoms with Gasteiger partial charge >= 0.3 is 5.91 Å². The smallest absolute Gasteiger partial charge is 0.314 e. The molecule has 3 aromatic rings. The van der Waals surface area contributed by atoms with E-state index in [0.29, 0.717) is 17.4 Å². The standard InChI is InChI=1S/C15H13N5O2.ClH/c1-22-9-6-7-17-12(8-9)15(21)20-19-14-11-5-3-2-4-10(11)13(16)18-14;/h2-8,18H,16H2,1H3;1H. The lowest BCUT2D eigenvalue weighted by molar-refractivity contribution is 0.0990. The molecule has 2 heterocycles. The van der Waals surface area contributed by atoms with E-state index in [0.717, 1.165) is 10.8 Å². The largest absolute Gasteiger partial charge is 0.497 e. The van der Waals surface area contributed by atoms with Gasteiger partial charge in [0.05, 0.1) is 7.11 Å². The van der Waals surface area contributed by atoms with Crippen molar-refractivity contribution in [2.45, 2.75) is 0 Å². The molecule has 1 aromatic carbocycles. The highest BCUT2D eigenvalue weighted by molar-refractivity contribution is 6.00. The van der Waals surface area contributed by atoms with Crippen LogP contribution in [0.15, 0.2) is 52.8 Å². The zero-order chi connectivity index (χ0) is 15.5. The molecule has 0 aliphatic carbocycles. The van der Waals surface area contributed by atoms with E-state index in [9.17, 15) is 4.79 Å². The van der Waals surface area contributed by atoms with Crippen LogP contribution in [0.5, 0.6) is 5.75 Å². The van der Waals surface area contributed by atoms with Crippen LogP contribution in [-0.2, 0) is 0 Å². The fraction of sp³-hybridized carbons (Fsp3) is 0.0667. The van der Waals surface area contributed by atoms with Crippen LogP contribution < -0.4 is 10.5 Å². The predicted molar refractivity (Wildman–Crippen MR) is 89.6 cm³/mol. The summed E-state index contributed by atoms with van der Waals surface area (Å²) in [6, 6.07) is 10.6. The van der Waals surface area contributed by atoms with E-state index >= 15 is 0 Å². The van der Waals surface area contributed by atoms with Gasteiger partial charge in [-0.2, -0.15) is 0 Å². The number of fused-ring (bicyclic) bond motifs is 1. The summed E-state index contributed by atoms with van der Waals surface area (Å²) in [4.78, 5) is 18.9. The molecule has 0 radical (unpaired) electrons. The summed E-state index contributed by atoms with van der Waals surface area (Å²) in [6.07, 6.45) is 1.48. The van der Waals surface area contributed by atoms with Crippen LogP contribution in [0.4, 0.5) is 11.6 Å². The summed E-state index contributed by atoms with van der Waals surface area (Å²) < 4.78 is 5.04. The van der Waals surface area contributed by atoms with E-state index in [2.05, 4.69) is 20.2 Å². The number of nitrogens with zero attached hydrogens (tertiary/aromatic N) is 3. The summed E-state index contributed by atoms with van der Waals surface area (Å²) in [6.45, 7) is 0. The normalized spacial score (nSPS) is 10.7. The minimum atomic E-state index is -0.559. The first-order valence-electron chi connectivity index (χ1n) is 6.51. The van der Waals surface area contributed by atoms with Crippen molar-refractivity contribution in [3.8, 4) is 5.75 Å². The first-order chi connectivity index (χ1) is 10.7. The molecule has 7 nitrogen and oxygen atoms in total. The SMILES string of the molecule is COc1ccnc(C(=O)N=Nc2[nH]c(N)c3ccccc23)c1.Cl. The van der Waals surface area contributed by atoms with Crippen molar-refractivity contribution < 1.29 is 9.53 Å². The number of ether oxygens (including phenoxy) is 1. The lowest BCUT2D eigenvalue weighted by atomic mass is 10.2. The van der Waals surface area contributed by atoms with Gasteiger partial charge in [0.25, 0.3) is 0 Å². The molecule has 23 heavy (non-hydrogen) atoms. The predicted octanol–water partition coefficient (Wildman–Crippen LogP) is 3.50. The second-order valence-electron chi connectivity index (χ2n) is 4.52. The number of aromatic nitrogens is 2. The van der Waals surface area contributed by atoms with Crippen LogP contribution in [0.3, 0.4) is 0 Å². The van der Waals surface area contributed by atoms with Crippen molar-refractivity contribution in [3.05, 3.63) is 48.3 Å². The number of amides is 1. The number of azo groups is 1. The van der Waals surface area contributed by atoms with Crippen LogP contribution in [0, 0.1) is 0 Å². The van der Waals surface area contributed by atoms with E-state index in [1.54, 1.807) is 6.07 Å². The number of nitrogens with one attached hydrogen (secondary N) is 1. The number of methoxy groups -OCH3 is 1. The molecule has 0 aliphatic rings. The van der Waals surface area contributed by atoms with Crippen LogP contribution in [-0.4, -0.2) is 23.0 Å². The first-order valence-corrected chi connectivity index (χ1v) is 6.51. The molecule has 0 unspecified atom stereocenters. The van der Waals surface area contributed by atoms with Gasteiger partial charge in [-0.3, -0.25) is 9.78 Å². The number of carbonyl (C=O) groups excluding carboxylic acids is 1. The Morgan fingerprint density at radius 1 is 1.26 bits per heavy atom. The van der Waals surface area contributed by atoms with Crippen molar-refractivity contribution in [1.29, 1.82) is 0 Å². The van der Waals surface area contributed by atoms with Gasteiger partial charge in [-0.05, 0) is 6.07 Å². The fourth-order valence-electron chi connectivity index (χ4n) is 2.07. The van der Waals surface area contributed by atoms with Gasteiger partial charge in [0.1, 0.15) is 17.3 Å². The number of hydrogen-bond donors (Lipinski definition) is 2. The molecular weight excluding hydrogens is 318 g/mol. The van der Waals surface area contributed by atoms with Crippen LogP contribution in [0.25, 0.3) is 10.8 Å². The minimum Gasteiger partial charge on any atom is -0.497 e. The number of nitrogen functional groups attached to an aromatic ring is 1. The number of anilines is 1. The number of halogens is 1. The Labute approximate surface area is 138 Å². The van der Waals surface area contributed by atoms with E-state index in [-0.39, 0.29) is 18.1 Å². The maximum Gasteiger partial charge on any atom is 0.314 e. The Balaban J connectivity index is 0.00000192. The van der Waals surface area contributed by atoms with E-state index in [1.807, 2.05) is 24.3 Å². The molecule has 0 bridgehead atoms. The highest BCUT2D eigenvalue weighted by atomic mass is 35.5. The monoisotopic (exact) mass is 331 g/mol. The lowest BCUT2D eigenvalue weighted by Crippen LogP contribution is -1.98. The van der Waals surface area contributed by atoms with Gasteiger partial charge in [-0.25, -0.2) is 0 Å². The second kappa shape index (κ2) is 6.89. The molecule has 1 amide bonds. The average molecular weight is 332 g/mol. The maximum absolute atomic E-state index is 12.0. The molecule has 3 N–H and O–H groups in total. The minimum absolute atomic E-state index is 0. The average Bonchev–Trinajstić information content (AvgIpc) is 2.89. The number of nitrogens with two attached hydrogens (primary N) is 1. The number of aromatic amines is 1. The van der Waals surface area contributed by atoms with Crippen LogP contribution >= 0.6 is 12.4 Å². The summed E-state index contributed by atoms with van der Waals surface area (Å²) in [7, 11) is 1.51. The Morgan fingerprint density at radius 2 is 2.00 bits per heavy atom. The molecule has 0 atom stereocenters. The maximum atomic E-state index is 12.0. The third kappa shape index (κ3) is 3.29. The Kier molecular flexibility index (Phi) is 4.92. The zero-order valence-electron chi connectivity index (χ0n) is 12.2. The van der Waals surface area contributed by atoms with Crippen molar-refractivity contribution >= 4 is 40.7 Å². The number of rotatable bonds is 3. The molecular formula is C15H14ClN5O2. The quantitative estimate of drug-likeness (QED) is 0.716. The number of hydrogen-bond acceptors (Lipinski definition) is 5. The van der Waals surface area contributed by atoms with Gasteiger partial charge in [0, 0.05) is 23.0 Å². The highest BCUT2D eigenvalue weighted by Crippen LogP contribution is 2.30. The third-order valence-corrected chi connectivity index (χ3v) is 3.15. The van der Waals surface area contributed by atoms with Crippen LogP contribution in [0.2, 0.25) is 0 Å². The highest BCUT2D eigenvalue weighted by Gasteiger charge is 2.10. The molecule has 3 rings (SSSR count). The summed E-state index contributed by atoms with van der Waals surface area (Å²) in [5, 5.41) is 9.27. The van der Waals surface area contributed by atoms with Crippen molar-refractivity contribution in [3.63, 3.8) is 0 Å². The molecule has 8 heteroatoms. The Bertz CT molecular complexity index is 875. The lowest BCUT2D eigenvalue weighted by Gasteiger charge is -1.99. The van der Waals surface area contributed by atoms with Gasteiger partial charge in [0.2, 0.25) is 0 Å². The second-order valence-corrected chi connectivity index (χ2v) is 4.52. The fourth-order valence-corrected chi connectivity index (χ4v) is 2.07. The van der Waals surface area contributed by atoms with Gasteiger partial charge in [-0.15, -0.1) is 22.6 Å². The molecule has 2 aromatic heterocycles. The molecule has 0 saturated carbocycles. The number of H-pyrrole nitrogens is 1. The van der Waals surface area contributed by atoms with Crippen molar-refractivity contribution in [2.75, 3.05) is 12.8 Å². The van der Waals surface area contributed by atoms with E-state index < -0.39 is 5.91 Å². The molecule has 0 saturated heterocycles. The molecule has 0 fully saturated rings. The van der Waals surface area contributed by atoms with E-state index in [1.165, 1.54) is 19.4 Å². The number of benzene rings is 1. The Hall–Kier alpha value is -2.93. The van der Waals surface area contributed by atoms with E-state index in [4.69, 9.17) is 10.5 Å². The molecule has 0 spiro atoms. The first kappa shape index (κ1) is 16.4. The zero-order valence-corrected chi connectivity index (χ0v) is 13.0. The number of pyridine rings is 1. The summed E-state index contributed by atoms with van der Waals surface area (Å²) in [5.41, 5.74) is 6.02. The summed E-state index contributed by atoms with van der Waals surface area (Å²) in [5.74, 6) is 0.889. The summed E-state index contributed by atoms with van der Waals surface area (Å²) >= 11 is 0. The van der Waals surface area contributed by atoms with Gasteiger partial charge in [-0.1, -0.05) is 24.3 Å². The van der Waals surface area contributed by atoms with Crippen molar-refractivity contribution in [1.82, 2.24) is 9.97 Å². The van der Waals surface area contributed by atoms with Crippen molar-refractivity contribution in [2.24, 2.45) is 10.2 Å². The Morgan fingerprint density at radius 3 is 2.74 bits per heavy atom. The number of carbonyl (C=O) groups is 1. The van der Waals surface area contributed by atoms with Crippen LogP contribution in [0.1, 0.15) is 10.5 Å². The van der Waals surface area contributed by atoms with Gasteiger partial charge in [0.15, 0.2) is 5.82 Å². The van der Waals surface area contributed by atoms with Gasteiger partial charge < -0.3 is 15.5 Å². The molecule has 0 aliphatic heterocycles. The molecule has 118 valence electrons. The topological polar surface area (TPSA) is 106 Å².